The molecule has 22 heavy (non-hydrogen) atoms. The van der Waals surface area contributed by atoms with Gasteiger partial charge in [-0.05, 0) is 19.3 Å². The molecule has 0 bridgehead atoms. The van der Waals surface area contributed by atoms with Gasteiger partial charge in [0.15, 0.2) is 0 Å². The molecule has 0 saturated carbocycles. The van der Waals surface area contributed by atoms with Gasteiger partial charge in [0.2, 0.25) is 0 Å². The predicted octanol–water partition coefficient (Wildman–Crippen LogP) is 6.95. The molecule has 0 rings (SSSR count). The fourth-order valence-corrected chi connectivity index (χ4v) is 3.26. The van der Waals surface area contributed by atoms with Crippen molar-refractivity contribution in [3.63, 3.8) is 0 Å². The van der Waals surface area contributed by atoms with Gasteiger partial charge in [0, 0.05) is 0 Å². The van der Waals surface area contributed by atoms with Gasteiger partial charge >= 0.3 is 0 Å². The zero-order chi connectivity index (χ0) is 16.5. The van der Waals surface area contributed by atoms with Gasteiger partial charge in [0.05, 0.1) is 27.2 Å². The molecule has 134 valence electrons. The molecule has 0 saturated heterocycles. The molecule has 0 aromatic rings. The van der Waals surface area contributed by atoms with Crippen LogP contribution in [0.25, 0.3) is 0 Å². The van der Waals surface area contributed by atoms with Crippen LogP contribution in [0.15, 0.2) is 0 Å². The normalized spacial score (nSPS) is 12.0. The maximum atomic E-state index is 2.40. The molecule has 0 amide bonds. The molecule has 0 aliphatic carbocycles. The molecule has 0 aliphatic heterocycles. The predicted molar refractivity (Wildman–Crippen MR) is 102 cm³/mol. The van der Waals surface area contributed by atoms with Crippen LogP contribution in [-0.2, 0) is 0 Å². The highest BCUT2D eigenvalue weighted by Crippen LogP contribution is 2.13. The second-order valence-corrected chi connectivity index (χ2v) is 7.98. The summed E-state index contributed by atoms with van der Waals surface area (Å²) in [6, 6.07) is 0. The van der Waals surface area contributed by atoms with Crippen LogP contribution in [0, 0.1) is 0 Å². The summed E-state index contributed by atoms with van der Waals surface area (Å²) in [5.41, 5.74) is 0. The lowest BCUT2D eigenvalue weighted by molar-refractivity contribution is -0.890. The molecule has 0 aliphatic rings. The third-order valence-electron chi connectivity index (χ3n) is 4.98. The molecule has 1 heteroatoms. The Balaban J connectivity index is 3.17. The molecule has 0 radical (unpaired) electrons. The average molecular weight is 313 g/mol. The fourth-order valence-electron chi connectivity index (χ4n) is 3.26. The lowest BCUT2D eigenvalue weighted by atomic mass is 10.0. The first-order valence-corrected chi connectivity index (χ1v) is 10.4. The summed E-state index contributed by atoms with van der Waals surface area (Å²) < 4.78 is 1.23. The summed E-state index contributed by atoms with van der Waals surface area (Å²) in [4.78, 5) is 0. The summed E-state index contributed by atoms with van der Waals surface area (Å²) in [5.74, 6) is 0. The van der Waals surface area contributed by atoms with Crippen LogP contribution >= 0.6 is 0 Å². The van der Waals surface area contributed by atoms with Crippen LogP contribution in [0.3, 0.4) is 0 Å². The first kappa shape index (κ1) is 22.0. The highest BCUT2D eigenvalue weighted by molar-refractivity contribution is 4.49. The van der Waals surface area contributed by atoms with E-state index in [0.717, 1.165) is 0 Å². The lowest BCUT2D eigenvalue weighted by Gasteiger charge is -2.29. The Hall–Kier alpha value is -0.0400. The second kappa shape index (κ2) is 15.8. The van der Waals surface area contributed by atoms with Crippen LogP contribution in [0.5, 0.6) is 0 Å². The number of rotatable bonds is 17. The van der Waals surface area contributed by atoms with Crippen molar-refractivity contribution >= 4 is 0 Å². The van der Waals surface area contributed by atoms with Crippen LogP contribution in [-0.4, -0.2) is 31.7 Å². The van der Waals surface area contributed by atoms with Gasteiger partial charge in [-0.15, -0.1) is 0 Å². The smallest absolute Gasteiger partial charge is 0.0782 e. The summed E-state index contributed by atoms with van der Waals surface area (Å²) in [7, 11) is 4.80. The molecule has 0 atom stereocenters. The number of quaternary nitrogens is 1. The maximum absolute atomic E-state index is 2.40. The zero-order valence-corrected chi connectivity index (χ0v) is 16.5. The third-order valence-corrected chi connectivity index (χ3v) is 4.98. The summed E-state index contributed by atoms with van der Waals surface area (Å²) in [5, 5.41) is 0. The second-order valence-electron chi connectivity index (χ2n) is 7.98. The Kier molecular flexibility index (Phi) is 15.8. The largest absolute Gasteiger partial charge is 0.328 e. The zero-order valence-electron chi connectivity index (χ0n) is 16.5. The van der Waals surface area contributed by atoms with Crippen molar-refractivity contribution < 1.29 is 4.48 Å². The van der Waals surface area contributed by atoms with Crippen molar-refractivity contribution in [3.8, 4) is 0 Å². The van der Waals surface area contributed by atoms with E-state index in [4.69, 9.17) is 0 Å². The van der Waals surface area contributed by atoms with Crippen LogP contribution < -0.4 is 0 Å². The van der Waals surface area contributed by atoms with Crippen molar-refractivity contribution in [2.75, 3.05) is 27.2 Å². The van der Waals surface area contributed by atoms with E-state index in [0.29, 0.717) is 0 Å². The Morgan fingerprint density at radius 3 is 1.14 bits per heavy atom. The lowest BCUT2D eigenvalue weighted by Crippen LogP contribution is -2.41. The van der Waals surface area contributed by atoms with Crippen molar-refractivity contribution in [1.82, 2.24) is 0 Å². The standard InChI is InChI=1S/C21H46N/c1-5-7-9-10-11-12-13-14-15-16-17-18-19-21-22(3,4)20-8-6-2/h5-21H2,1-4H3/q+1. The van der Waals surface area contributed by atoms with E-state index in [2.05, 4.69) is 27.9 Å². The molecule has 0 aromatic carbocycles. The molecule has 0 aromatic heterocycles. The monoisotopic (exact) mass is 312 g/mol. The fraction of sp³-hybridized carbons (Fsp3) is 1.00. The summed E-state index contributed by atoms with van der Waals surface area (Å²) in [6.45, 7) is 7.32. The minimum atomic E-state index is 1.23. The Morgan fingerprint density at radius 2 is 0.727 bits per heavy atom. The molecule has 0 spiro atoms. The van der Waals surface area contributed by atoms with Gasteiger partial charge in [0.1, 0.15) is 0 Å². The van der Waals surface area contributed by atoms with Crippen LogP contribution in [0.1, 0.15) is 110 Å². The highest BCUT2D eigenvalue weighted by atomic mass is 15.3. The minimum absolute atomic E-state index is 1.23. The summed E-state index contributed by atoms with van der Waals surface area (Å²) >= 11 is 0. The minimum Gasteiger partial charge on any atom is -0.328 e. The first-order chi connectivity index (χ1) is 10.6. The molecule has 0 heterocycles. The third kappa shape index (κ3) is 16.3. The van der Waals surface area contributed by atoms with Gasteiger partial charge in [-0.1, -0.05) is 90.9 Å². The first-order valence-electron chi connectivity index (χ1n) is 10.4. The topological polar surface area (TPSA) is 0 Å². The molecule has 0 fully saturated rings. The van der Waals surface area contributed by atoms with Crippen molar-refractivity contribution in [2.45, 2.75) is 110 Å². The average Bonchev–Trinajstić information content (AvgIpc) is 2.50. The van der Waals surface area contributed by atoms with Crippen LogP contribution in [0.2, 0.25) is 0 Å². The number of hydrogen-bond acceptors (Lipinski definition) is 0. The Bertz CT molecular complexity index is 210. The van der Waals surface area contributed by atoms with Gasteiger partial charge in [-0.2, -0.15) is 0 Å². The maximum Gasteiger partial charge on any atom is 0.0782 e. The number of hydrogen-bond donors (Lipinski definition) is 0. The van der Waals surface area contributed by atoms with E-state index >= 15 is 0 Å². The molecule has 0 N–H and O–H groups in total. The number of unbranched alkanes of at least 4 members (excludes halogenated alkanes) is 13. The van der Waals surface area contributed by atoms with E-state index in [1.807, 2.05) is 0 Å². The van der Waals surface area contributed by atoms with Crippen molar-refractivity contribution in [1.29, 1.82) is 0 Å². The van der Waals surface area contributed by atoms with E-state index in [1.165, 1.54) is 114 Å². The van der Waals surface area contributed by atoms with Gasteiger partial charge in [-0.3, -0.25) is 0 Å². The quantitative estimate of drug-likeness (QED) is 0.201. The van der Waals surface area contributed by atoms with Crippen molar-refractivity contribution in [2.24, 2.45) is 0 Å². The molecule has 1 nitrogen and oxygen atoms in total. The van der Waals surface area contributed by atoms with E-state index in [9.17, 15) is 0 Å². The van der Waals surface area contributed by atoms with Gasteiger partial charge in [-0.25, -0.2) is 0 Å². The van der Waals surface area contributed by atoms with E-state index in [-0.39, 0.29) is 0 Å². The highest BCUT2D eigenvalue weighted by Gasteiger charge is 2.12. The molecule has 0 unspecified atom stereocenters. The Morgan fingerprint density at radius 1 is 0.409 bits per heavy atom. The van der Waals surface area contributed by atoms with E-state index < -0.39 is 0 Å². The summed E-state index contributed by atoms with van der Waals surface area (Å²) in [6.07, 6.45) is 21.7. The molecular weight excluding hydrogens is 266 g/mol. The number of nitrogens with zero attached hydrogens (tertiary/aromatic N) is 1. The Labute approximate surface area is 142 Å². The van der Waals surface area contributed by atoms with Crippen molar-refractivity contribution in [3.05, 3.63) is 0 Å². The van der Waals surface area contributed by atoms with E-state index in [1.54, 1.807) is 0 Å². The van der Waals surface area contributed by atoms with Gasteiger partial charge in [0.25, 0.3) is 0 Å². The van der Waals surface area contributed by atoms with Crippen LogP contribution in [0.4, 0.5) is 0 Å². The van der Waals surface area contributed by atoms with Gasteiger partial charge < -0.3 is 4.48 Å². The molecular formula is C21H46N+. The SMILES string of the molecule is CCCCCCCCCCCCCCC[N+](C)(C)CCCC.